The lowest BCUT2D eigenvalue weighted by atomic mass is 9.99. The number of nitrogens with zero attached hydrogens (tertiary/aromatic N) is 5. The summed E-state index contributed by atoms with van der Waals surface area (Å²) in [7, 11) is 0. The molecule has 190 valence electrons. The predicted octanol–water partition coefficient (Wildman–Crippen LogP) is 4.56. The van der Waals surface area contributed by atoms with Gasteiger partial charge in [-0.3, -0.25) is 18.9 Å². The van der Waals surface area contributed by atoms with E-state index in [1.165, 1.54) is 0 Å². The molecule has 0 atom stereocenters. The van der Waals surface area contributed by atoms with E-state index in [9.17, 15) is 4.79 Å². The van der Waals surface area contributed by atoms with Crippen LogP contribution in [0.4, 0.5) is 0 Å². The van der Waals surface area contributed by atoms with Crippen molar-refractivity contribution in [2.45, 2.75) is 53.5 Å². The second-order valence-corrected chi connectivity index (χ2v) is 9.45. The Labute approximate surface area is 212 Å². The Kier molecular flexibility index (Phi) is 8.48. The molecule has 0 saturated carbocycles. The number of carbonyl (C=O) groups excluding carboxylic acids is 1. The quantitative estimate of drug-likeness (QED) is 0.296. The number of imidazole rings is 1. The van der Waals surface area contributed by atoms with Crippen molar-refractivity contribution in [1.82, 2.24) is 29.5 Å². The van der Waals surface area contributed by atoms with Crippen molar-refractivity contribution < 1.29 is 9.53 Å². The van der Waals surface area contributed by atoms with Gasteiger partial charge in [0, 0.05) is 55.8 Å². The van der Waals surface area contributed by atoms with Crippen LogP contribution in [0.15, 0.2) is 49.2 Å². The average molecular weight is 489 g/mol. The Morgan fingerprint density at radius 2 is 2.00 bits per heavy atom. The summed E-state index contributed by atoms with van der Waals surface area (Å²) in [4.78, 5) is 22.0. The van der Waals surface area contributed by atoms with Gasteiger partial charge < -0.3 is 10.1 Å². The molecule has 0 aliphatic carbocycles. The Morgan fingerprint density at radius 3 is 2.78 bits per heavy atom. The minimum absolute atomic E-state index is 0.0605. The van der Waals surface area contributed by atoms with Gasteiger partial charge in [-0.05, 0) is 36.0 Å². The zero-order chi connectivity index (χ0) is 25.5. The monoisotopic (exact) mass is 488 g/mol. The molecule has 0 aliphatic heterocycles. The SMILES string of the molecule is CCCOCCNC(=O)c1ccc(Cc2nccn3c(-c4cnn(CC(C)C)c4)cnc23)cc1CC. The van der Waals surface area contributed by atoms with Gasteiger partial charge >= 0.3 is 0 Å². The summed E-state index contributed by atoms with van der Waals surface area (Å²) < 4.78 is 9.51. The number of fused-ring (bicyclic) bond motifs is 1. The van der Waals surface area contributed by atoms with E-state index in [-0.39, 0.29) is 5.91 Å². The largest absolute Gasteiger partial charge is 0.380 e. The van der Waals surface area contributed by atoms with Crippen LogP contribution in [0, 0.1) is 5.92 Å². The Bertz CT molecular complexity index is 1310. The molecule has 1 N–H and O–H groups in total. The highest BCUT2D eigenvalue weighted by Crippen LogP contribution is 2.23. The van der Waals surface area contributed by atoms with E-state index in [0.717, 1.165) is 53.1 Å². The van der Waals surface area contributed by atoms with Crippen molar-refractivity contribution in [2.75, 3.05) is 19.8 Å². The van der Waals surface area contributed by atoms with Crippen LogP contribution in [-0.2, 0) is 24.1 Å². The summed E-state index contributed by atoms with van der Waals surface area (Å²) in [5.41, 5.74) is 6.58. The second kappa shape index (κ2) is 11.9. The van der Waals surface area contributed by atoms with Gasteiger partial charge in [-0.25, -0.2) is 4.98 Å². The fourth-order valence-electron chi connectivity index (χ4n) is 4.32. The van der Waals surface area contributed by atoms with E-state index in [4.69, 9.17) is 9.72 Å². The average Bonchev–Trinajstić information content (AvgIpc) is 3.50. The van der Waals surface area contributed by atoms with Crippen LogP contribution in [0.2, 0.25) is 0 Å². The highest BCUT2D eigenvalue weighted by Gasteiger charge is 2.15. The lowest BCUT2D eigenvalue weighted by molar-refractivity contribution is 0.0914. The lowest BCUT2D eigenvalue weighted by Crippen LogP contribution is -2.28. The molecule has 3 heterocycles. The standard InChI is InChI=1S/C28H36N6O2/c1-5-12-36-13-10-30-28(35)24-8-7-21(14-22(24)6-2)15-25-27-31-17-26(34(27)11-9-29-25)23-16-32-33(19-23)18-20(3)4/h7-9,11,14,16-17,19-20H,5-6,10,12-13,15,18H2,1-4H3,(H,30,35). The first-order valence-electron chi connectivity index (χ1n) is 12.8. The number of aryl methyl sites for hydroxylation is 1. The van der Waals surface area contributed by atoms with E-state index in [0.29, 0.717) is 37.7 Å². The highest BCUT2D eigenvalue weighted by molar-refractivity contribution is 5.95. The summed E-state index contributed by atoms with van der Waals surface area (Å²) >= 11 is 0. The van der Waals surface area contributed by atoms with Gasteiger partial charge in [-0.2, -0.15) is 5.10 Å². The van der Waals surface area contributed by atoms with Crippen molar-refractivity contribution in [3.63, 3.8) is 0 Å². The molecule has 0 spiro atoms. The number of amides is 1. The molecule has 4 aromatic rings. The number of ether oxygens (including phenoxy) is 1. The third kappa shape index (κ3) is 5.99. The number of benzene rings is 1. The number of hydrogen-bond acceptors (Lipinski definition) is 5. The molecular weight excluding hydrogens is 452 g/mol. The maximum atomic E-state index is 12.7. The van der Waals surface area contributed by atoms with E-state index >= 15 is 0 Å². The third-order valence-corrected chi connectivity index (χ3v) is 6.03. The molecule has 0 radical (unpaired) electrons. The van der Waals surface area contributed by atoms with Crippen molar-refractivity contribution in [1.29, 1.82) is 0 Å². The number of nitrogens with one attached hydrogen (secondary N) is 1. The number of carbonyl (C=O) groups is 1. The summed E-state index contributed by atoms with van der Waals surface area (Å²) in [6, 6.07) is 6.02. The van der Waals surface area contributed by atoms with Crippen molar-refractivity contribution in [3.05, 3.63) is 71.6 Å². The molecule has 0 unspecified atom stereocenters. The minimum atomic E-state index is -0.0605. The zero-order valence-corrected chi connectivity index (χ0v) is 21.7. The molecule has 0 saturated heterocycles. The molecule has 1 aromatic carbocycles. The van der Waals surface area contributed by atoms with Crippen LogP contribution in [0.25, 0.3) is 16.9 Å². The van der Waals surface area contributed by atoms with Crippen LogP contribution in [0.5, 0.6) is 0 Å². The Hall–Kier alpha value is -3.52. The lowest BCUT2D eigenvalue weighted by Gasteiger charge is -2.12. The fraction of sp³-hybridized carbons (Fsp3) is 0.429. The van der Waals surface area contributed by atoms with Gasteiger partial charge in [0.25, 0.3) is 5.91 Å². The maximum Gasteiger partial charge on any atom is 0.251 e. The normalized spacial score (nSPS) is 11.5. The molecule has 3 aromatic heterocycles. The van der Waals surface area contributed by atoms with E-state index < -0.39 is 0 Å². The van der Waals surface area contributed by atoms with Crippen LogP contribution in [-0.4, -0.2) is 49.8 Å². The summed E-state index contributed by atoms with van der Waals surface area (Å²) in [6.45, 7) is 11.1. The van der Waals surface area contributed by atoms with Crippen LogP contribution < -0.4 is 5.32 Å². The topological polar surface area (TPSA) is 86.3 Å². The Morgan fingerprint density at radius 1 is 1.14 bits per heavy atom. The second-order valence-electron chi connectivity index (χ2n) is 9.45. The molecule has 0 fully saturated rings. The predicted molar refractivity (Wildman–Crippen MR) is 141 cm³/mol. The van der Waals surface area contributed by atoms with Crippen molar-refractivity contribution in [2.24, 2.45) is 5.92 Å². The van der Waals surface area contributed by atoms with E-state index in [2.05, 4.69) is 59.8 Å². The van der Waals surface area contributed by atoms with Gasteiger partial charge in [0.1, 0.15) is 0 Å². The van der Waals surface area contributed by atoms with Gasteiger partial charge in [0.2, 0.25) is 0 Å². The molecular formula is C28H36N6O2. The summed E-state index contributed by atoms with van der Waals surface area (Å²) in [5.74, 6) is 0.468. The molecule has 1 amide bonds. The molecule has 8 nitrogen and oxygen atoms in total. The van der Waals surface area contributed by atoms with Crippen LogP contribution in [0.3, 0.4) is 0 Å². The van der Waals surface area contributed by atoms with Crippen molar-refractivity contribution >= 4 is 11.6 Å². The number of hydrogen-bond donors (Lipinski definition) is 1. The first-order chi connectivity index (χ1) is 17.5. The van der Waals surface area contributed by atoms with Gasteiger partial charge in [-0.1, -0.05) is 39.8 Å². The maximum absolute atomic E-state index is 12.7. The third-order valence-electron chi connectivity index (χ3n) is 6.03. The van der Waals surface area contributed by atoms with Crippen molar-refractivity contribution in [3.8, 4) is 11.3 Å². The zero-order valence-electron chi connectivity index (χ0n) is 21.7. The molecule has 0 aliphatic rings. The van der Waals surface area contributed by atoms with Gasteiger partial charge in [0.05, 0.1) is 30.4 Å². The van der Waals surface area contributed by atoms with E-state index in [1.54, 1.807) is 0 Å². The Balaban J connectivity index is 1.51. The van der Waals surface area contributed by atoms with Crippen LogP contribution in [0.1, 0.15) is 61.3 Å². The van der Waals surface area contributed by atoms with Gasteiger partial charge in [-0.15, -0.1) is 0 Å². The first-order valence-corrected chi connectivity index (χ1v) is 12.8. The smallest absolute Gasteiger partial charge is 0.251 e. The number of rotatable bonds is 12. The molecule has 36 heavy (non-hydrogen) atoms. The summed E-state index contributed by atoms with van der Waals surface area (Å²) in [5, 5.41) is 7.46. The van der Waals surface area contributed by atoms with Crippen LogP contribution >= 0.6 is 0 Å². The molecule has 8 heteroatoms. The number of aromatic nitrogens is 5. The molecule has 0 bridgehead atoms. The minimum Gasteiger partial charge on any atom is -0.380 e. The summed E-state index contributed by atoms with van der Waals surface area (Å²) in [6.07, 6.45) is 12.0. The molecule has 4 rings (SSSR count). The van der Waals surface area contributed by atoms with E-state index in [1.807, 2.05) is 41.6 Å². The van der Waals surface area contributed by atoms with Gasteiger partial charge in [0.15, 0.2) is 5.65 Å². The fourth-order valence-corrected chi connectivity index (χ4v) is 4.32. The first kappa shape index (κ1) is 25.6. The highest BCUT2D eigenvalue weighted by atomic mass is 16.5.